The van der Waals surface area contributed by atoms with E-state index in [0.29, 0.717) is 48.2 Å². The molecule has 3 aromatic rings. The van der Waals surface area contributed by atoms with Crippen LogP contribution in [-0.4, -0.2) is 94.2 Å². The van der Waals surface area contributed by atoms with Gasteiger partial charge < -0.3 is 9.47 Å². The molecule has 2 fully saturated rings. The minimum atomic E-state index is -3.73. The highest BCUT2D eigenvalue weighted by molar-refractivity contribution is 7.89. The highest BCUT2D eigenvalue weighted by Gasteiger charge is 2.27. The maximum Gasteiger partial charge on any atom is 0.260 e. The van der Waals surface area contributed by atoms with Crippen molar-refractivity contribution in [3.05, 3.63) is 53.8 Å². The van der Waals surface area contributed by atoms with Crippen LogP contribution in [0, 0.1) is 5.82 Å². The highest BCUT2D eigenvalue weighted by atomic mass is 32.2. The average molecular weight is 577 g/mol. The van der Waals surface area contributed by atoms with Crippen LogP contribution in [0.4, 0.5) is 9.52 Å². The number of thiazole rings is 1. The topological polar surface area (TPSA) is 92.3 Å². The zero-order valence-electron chi connectivity index (χ0n) is 21.9. The largest absolute Gasteiger partial charge is 0.379 e. The summed E-state index contributed by atoms with van der Waals surface area (Å²) in [6.45, 7) is 5.20. The van der Waals surface area contributed by atoms with Crippen LogP contribution >= 0.6 is 11.3 Å². The number of rotatable bonds is 10. The Morgan fingerprint density at radius 1 is 1.15 bits per heavy atom. The number of halogens is 1. The van der Waals surface area contributed by atoms with Crippen LogP contribution in [0.2, 0.25) is 0 Å². The van der Waals surface area contributed by atoms with Gasteiger partial charge >= 0.3 is 0 Å². The number of sulfonamides is 1. The number of carbonyl (C=O) groups is 1. The first-order chi connectivity index (χ1) is 18.8. The average Bonchev–Trinajstić information content (AvgIpc) is 3.62. The molecular weight excluding hydrogens is 543 g/mol. The molecule has 0 aliphatic carbocycles. The molecule has 0 N–H and O–H groups in total. The number of fused-ring (bicyclic) bond motifs is 1. The van der Waals surface area contributed by atoms with Gasteiger partial charge in [-0.2, -0.15) is 4.31 Å². The molecule has 39 heavy (non-hydrogen) atoms. The van der Waals surface area contributed by atoms with Crippen molar-refractivity contribution in [1.29, 1.82) is 0 Å². The van der Waals surface area contributed by atoms with Crippen molar-refractivity contribution < 1.29 is 27.1 Å². The van der Waals surface area contributed by atoms with Crippen LogP contribution in [0.15, 0.2) is 47.4 Å². The van der Waals surface area contributed by atoms with E-state index in [1.807, 2.05) is 0 Å². The smallest absolute Gasteiger partial charge is 0.260 e. The molecule has 2 aliphatic rings. The van der Waals surface area contributed by atoms with Gasteiger partial charge in [-0.1, -0.05) is 17.4 Å². The van der Waals surface area contributed by atoms with E-state index in [-0.39, 0.29) is 29.0 Å². The van der Waals surface area contributed by atoms with Crippen molar-refractivity contribution in [3.8, 4) is 0 Å². The first kappa shape index (κ1) is 28.1. The number of hydrogen-bond donors (Lipinski definition) is 0. The van der Waals surface area contributed by atoms with Gasteiger partial charge in [-0.3, -0.25) is 14.6 Å². The molecule has 2 saturated heterocycles. The number of hydrogen-bond acceptors (Lipinski definition) is 8. The Morgan fingerprint density at radius 3 is 2.62 bits per heavy atom. The van der Waals surface area contributed by atoms with Crippen LogP contribution in [0.25, 0.3) is 10.2 Å². The van der Waals surface area contributed by atoms with Crippen molar-refractivity contribution in [2.75, 3.05) is 64.5 Å². The number of anilines is 1. The maximum atomic E-state index is 14.4. The van der Waals surface area contributed by atoms with Gasteiger partial charge in [0.1, 0.15) is 11.3 Å². The standard InChI is InChI=1S/C27H33FN4O5S2/c1-30(19-21-5-3-16-37-21)39(34,35)22-10-8-20(9-11-22)26(33)32(13-4-12-31-14-17-36-18-15-31)27-29-25-23(28)6-2-7-24(25)38-27/h2,6-11,21H,3-5,12-19H2,1H3. The molecule has 1 aromatic heterocycles. The van der Waals surface area contributed by atoms with E-state index in [1.54, 1.807) is 24.1 Å². The highest BCUT2D eigenvalue weighted by Crippen LogP contribution is 2.31. The van der Waals surface area contributed by atoms with Gasteiger partial charge in [-0.25, -0.2) is 17.8 Å². The van der Waals surface area contributed by atoms with Crippen LogP contribution in [0.1, 0.15) is 29.6 Å². The summed E-state index contributed by atoms with van der Waals surface area (Å²) in [6.07, 6.45) is 2.37. The lowest BCUT2D eigenvalue weighted by molar-refractivity contribution is 0.0376. The summed E-state index contributed by atoms with van der Waals surface area (Å²) in [5.74, 6) is -0.745. The van der Waals surface area contributed by atoms with Gasteiger partial charge in [0.25, 0.3) is 5.91 Å². The predicted molar refractivity (Wildman–Crippen MR) is 148 cm³/mol. The Kier molecular flexibility index (Phi) is 8.89. The van der Waals surface area contributed by atoms with Crippen molar-refractivity contribution in [2.24, 2.45) is 0 Å². The number of benzene rings is 2. The summed E-state index contributed by atoms with van der Waals surface area (Å²) >= 11 is 1.26. The van der Waals surface area contributed by atoms with Gasteiger partial charge in [-0.05, 0) is 55.7 Å². The predicted octanol–water partition coefficient (Wildman–Crippen LogP) is 3.60. The molecule has 1 amide bonds. The van der Waals surface area contributed by atoms with Gasteiger partial charge in [0.2, 0.25) is 10.0 Å². The molecule has 12 heteroatoms. The first-order valence-corrected chi connectivity index (χ1v) is 15.4. The van der Waals surface area contributed by atoms with Crippen molar-refractivity contribution in [2.45, 2.75) is 30.3 Å². The number of ether oxygens (including phenoxy) is 2. The SMILES string of the molecule is CN(CC1CCCO1)S(=O)(=O)c1ccc(C(=O)N(CCCN2CCOCC2)c2nc3c(F)cccc3s2)cc1. The fourth-order valence-electron chi connectivity index (χ4n) is 4.86. The maximum absolute atomic E-state index is 14.4. The monoisotopic (exact) mass is 576 g/mol. The van der Waals surface area contributed by atoms with Crippen LogP contribution in [0.3, 0.4) is 0 Å². The Bertz CT molecular complexity index is 1390. The molecule has 0 spiro atoms. The Morgan fingerprint density at radius 2 is 1.92 bits per heavy atom. The summed E-state index contributed by atoms with van der Waals surface area (Å²) < 4.78 is 53.5. The molecule has 1 unspecified atom stereocenters. The number of aromatic nitrogens is 1. The lowest BCUT2D eigenvalue weighted by Crippen LogP contribution is -2.39. The molecule has 9 nitrogen and oxygen atoms in total. The molecule has 5 rings (SSSR count). The van der Waals surface area contributed by atoms with Crippen LogP contribution < -0.4 is 4.90 Å². The van der Waals surface area contributed by atoms with Crippen LogP contribution in [0.5, 0.6) is 0 Å². The first-order valence-electron chi connectivity index (χ1n) is 13.2. The number of carbonyl (C=O) groups excluding carboxylic acids is 1. The molecular formula is C27H33FN4O5S2. The summed E-state index contributed by atoms with van der Waals surface area (Å²) in [4.78, 5) is 22.1. The fourth-order valence-corrected chi connectivity index (χ4v) is 7.07. The third-order valence-electron chi connectivity index (χ3n) is 7.09. The van der Waals surface area contributed by atoms with Gasteiger partial charge in [0, 0.05) is 51.9 Å². The Balaban J connectivity index is 1.34. The zero-order valence-corrected chi connectivity index (χ0v) is 23.6. The molecule has 1 atom stereocenters. The molecule has 0 bridgehead atoms. The summed E-state index contributed by atoms with van der Waals surface area (Å²) in [5, 5.41) is 0.412. The third kappa shape index (κ3) is 6.47. The molecule has 0 saturated carbocycles. The molecule has 3 heterocycles. The third-order valence-corrected chi connectivity index (χ3v) is 9.97. The quantitative estimate of drug-likeness (QED) is 0.364. The number of nitrogens with zero attached hydrogens (tertiary/aromatic N) is 4. The second-order valence-electron chi connectivity index (χ2n) is 9.79. The fraction of sp³-hybridized carbons (Fsp3) is 0.481. The molecule has 2 aromatic carbocycles. The number of likely N-dealkylation sites (N-methyl/N-ethyl adjacent to an activating group) is 1. The number of para-hydroxylation sites is 1. The van der Waals surface area contributed by atoms with E-state index < -0.39 is 15.8 Å². The number of amides is 1. The van der Waals surface area contributed by atoms with Crippen molar-refractivity contribution >= 4 is 42.6 Å². The van der Waals surface area contributed by atoms with E-state index in [2.05, 4.69) is 9.88 Å². The van der Waals surface area contributed by atoms with Crippen molar-refractivity contribution in [1.82, 2.24) is 14.2 Å². The zero-order chi connectivity index (χ0) is 27.4. The van der Waals surface area contributed by atoms with Crippen LogP contribution in [-0.2, 0) is 19.5 Å². The summed E-state index contributed by atoms with van der Waals surface area (Å²) in [7, 11) is -2.19. The van der Waals surface area contributed by atoms with E-state index >= 15 is 0 Å². The van der Waals surface area contributed by atoms with E-state index in [0.717, 1.165) is 32.5 Å². The molecule has 2 aliphatic heterocycles. The van der Waals surface area contributed by atoms with Crippen molar-refractivity contribution in [3.63, 3.8) is 0 Å². The normalized spacial score (nSPS) is 18.7. The van der Waals surface area contributed by atoms with E-state index in [1.165, 1.54) is 46.0 Å². The minimum Gasteiger partial charge on any atom is -0.379 e. The summed E-state index contributed by atoms with van der Waals surface area (Å²) in [5.41, 5.74) is 0.570. The van der Waals surface area contributed by atoms with Gasteiger partial charge in [-0.15, -0.1) is 0 Å². The molecule has 0 radical (unpaired) electrons. The van der Waals surface area contributed by atoms with Gasteiger partial charge in [0.05, 0.1) is 28.9 Å². The van der Waals surface area contributed by atoms with Gasteiger partial charge in [0.15, 0.2) is 5.13 Å². The second-order valence-corrected chi connectivity index (χ2v) is 12.8. The Labute approximate surface area is 232 Å². The lowest BCUT2D eigenvalue weighted by atomic mass is 10.2. The summed E-state index contributed by atoms with van der Waals surface area (Å²) in [6, 6.07) is 10.7. The van der Waals surface area contributed by atoms with E-state index in [9.17, 15) is 17.6 Å². The minimum absolute atomic E-state index is 0.102. The Hall–Kier alpha value is -2.48. The van der Waals surface area contributed by atoms with E-state index in [4.69, 9.17) is 9.47 Å². The lowest BCUT2D eigenvalue weighted by Gasteiger charge is -2.27. The second kappa shape index (κ2) is 12.4. The molecule has 210 valence electrons. The number of morpholine rings is 1.